The van der Waals surface area contributed by atoms with Crippen molar-refractivity contribution in [3.63, 3.8) is 0 Å². The van der Waals surface area contributed by atoms with Crippen molar-refractivity contribution in [2.24, 2.45) is 0 Å². The van der Waals surface area contributed by atoms with Crippen molar-refractivity contribution in [3.05, 3.63) is 70.4 Å². The smallest absolute Gasteiger partial charge is 0.264 e. The van der Waals surface area contributed by atoms with E-state index < -0.39 is 15.9 Å². The van der Waals surface area contributed by atoms with Gasteiger partial charge in [0.15, 0.2) is 0 Å². The van der Waals surface area contributed by atoms with Crippen molar-refractivity contribution in [3.8, 4) is 5.75 Å². The van der Waals surface area contributed by atoms with E-state index in [2.05, 4.69) is 45.8 Å². The number of rotatable bonds is 5. The molecule has 1 aromatic heterocycles. The standard InChI is InChI=1S/C31H39N3O5S/c1-21-17-29(38-2)27(26-12-14-32-30(21)26)20-34-15-13-24-19-28(34)25-11-10-23(31(35)33-40(3,36)37)18-22(25)9-7-5-4-6-8-16-39-24/h7,9-12,14,17-18,24,28,32H,4-6,8,13,15-16,19-20H2,1-3H3,(H,33,35)/b9-7+/t24-,28-/m0/s1. The van der Waals surface area contributed by atoms with Gasteiger partial charge in [0.1, 0.15) is 5.75 Å². The maximum Gasteiger partial charge on any atom is 0.264 e. The molecule has 2 aliphatic rings. The number of aromatic nitrogens is 1. The molecule has 0 aliphatic carbocycles. The molecule has 3 aromatic rings. The van der Waals surface area contributed by atoms with E-state index in [0.29, 0.717) is 12.1 Å². The number of amides is 1. The summed E-state index contributed by atoms with van der Waals surface area (Å²) in [6.45, 7) is 4.42. The van der Waals surface area contributed by atoms with Gasteiger partial charge in [-0.1, -0.05) is 24.6 Å². The van der Waals surface area contributed by atoms with Crippen LogP contribution in [0.1, 0.15) is 77.2 Å². The lowest BCUT2D eigenvalue weighted by molar-refractivity contribution is -0.0201. The number of allylic oxidation sites excluding steroid dienone is 1. The molecule has 0 saturated carbocycles. The number of sulfonamides is 1. The van der Waals surface area contributed by atoms with E-state index in [1.165, 1.54) is 0 Å². The van der Waals surface area contributed by atoms with Gasteiger partial charge in [0.25, 0.3) is 5.91 Å². The fourth-order valence-electron chi connectivity index (χ4n) is 6.02. The summed E-state index contributed by atoms with van der Waals surface area (Å²) in [7, 11) is -1.94. The van der Waals surface area contributed by atoms with Gasteiger partial charge in [0, 0.05) is 54.0 Å². The topological polar surface area (TPSA) is 101 Å². The van der Waals surface area contributed by atoms with Crippen molar-refractivity contribution in [2.75, 3.05) is 26.5 Å². The second-order valence-corrected chi connectivity index (χ2v) is 12.7. The van der Waals surface area contributed by atoms with Gasteiger partial charge in [-0.25, -0.2) is 13.1 Å². The van der Waals surface area contributed by atoms with E-state index in [-0.39, 0.29) is 12.1 Å². The summed E-state index contributed by atoms with van der Waals surface area (Å²) in [5, 5.41) is 1.16. The summed E-state index contributed by atoms with van der Waals surface area (Å²) in [6, 6.07) is 9.78. The highest BCUT2D eigenvalue weighted by Gasteiger charge is 2.33. The number of ether oxygens (including phenoxy) is 2. The van der Waals surface area contributed by atoms with Gasteiger partial charge in [-0.3, -0.25) is 9.69 Å². The van der Waals surface area contributed by atoms with Gasteiger partial charge < -0.3 is 14.5 Å². The summed E-state index contributed by atoms with van der Waals surface area (Å²) in [4.78, 5) is 18.6. The monoisotopic (exact) mass is 565 g/mol. The normalized spacial score (nSPS) is 21.5. The predicted molar refractivity (Wildman–Crippen MR) is 158 cm³/mol. The number of hydrogen-bond donors (Lipinski definition) is 2. The molecule has 0 spiro atoms. The number of piperidine rings is 1. The van der Waals surface area contributed by atoms with Gasteiger partial charge >= 0.3 is 0 Å². The first kappa shape index (κ1) is 28.4. The lowest BCUT2D eigenvalue weighted by Gasteiger charge is -2.40. The highest BCUT2D eigenvalue weighted by atomic mass is 32.2. The Morgan fingerprint density at radius 3 is 2.85 bits per heavy atom. The molecule has 8 nitrogen and oxygen atoms in total. The molecule has 3 heterocycles. The zero-order valence-electron chi connectivity index (χ0n) is 23.5. The van der Waals surface area contributed by atoms with Crippen LogP contribution in [0.4, 0.5) is 0 Å². The molecule has 1 amide bonds. The van der Waals surface area contributed by atoms with Crippen molar-refractivity contribution in [2.45, 2.75) is 64.1 Å². The van der Waals surface area contributed by atoms with Crippen molar-refractivity contribution in [1.29, 1.82) is 0 Å². The van der Waals surface area contributed by atoms with Gasteiger partial charge in [-0.2, -0.15) is 0 Å². The van der Waals surface area contributed by atoms with Crippen LogP contribution in [-0.2, 0) is 21.3 Å². The Morgan fingerprint density at radius 2 is 2.05 bits per heavy atom. The summed E-state index contributed by atoms with van der Waals surface area (Å²) < 4.78 is 37.8. The number of likely N-dealkylation sites (tertiary alicyclic amines) is 1. The zero-order chi connectivity index (χ0) is 28.3. The van der Waals surface area contributed by atoms with Gasteiger partial charge in [-0.05, 0) is 80.0 Å². The molecular formula is C31H39N3O5S. The number of nitrogens with one attached hydrogen (secondary N) is 2. The second kappa shape index (κ2) is 12.2. The van der Waals surface area contributed by atoms with Crippen molar-refractivity contribution >= 4 is 32.9 Å². The fourth-order valence-corrected chi connectivity index (χ4v) is 6.48. The third-order valence-electron chi connectivity index (χ3n) is 8.01. The molecule has 0 unspecified atom stereocenters. The molecule has 9 heteroatoms. The minimum absolute atomic E-state index is 0.0474. The van der Waals surface area contributed by atoms with Crippen LogP contribution in [0.3, 0.4) is 0 Å². The number of carbonyl (C=O) groups excluding carboxylic acids is 1. The molecule has 2 aromatic carbocycles. The fraction of sp³-hybridized carbons (Fsp3) is 0.452. The Kier molecular flexibility index (Phi) is 8.63. The lowest BCUT2D eigenvalue weighted by Crippen LogP contribution is -2.40. The minimum Gasteiger partial charge on any atom is -0.496 e. The molecule has 5 rings (SSSR count). The first-order valence-corrected chi connectivity index (χ1v) is 15.9. The number of methoxy groups -OCH3 is 1. The summed E-state index contributed by atoms with van der Waals surface area (Å²) >= 11 is 0. The molecule has 2 bridgehead atoms. The van der Waals surface area contributed by atoms with E-state index in [4.69, 9.17) is 9.47 Å². The maximum atomic E-state index is 12.7. The van der Waals surface area contributed by atoms with Crippen molar-refractivity contribution < 1.29 is 22.7 Å². The first-order valence-electron chi connectivity index (χ1n) is 14.1. The summed E-state index contributed by atoms with van der Waals surface area (Å²) in [5.41, 5.74) is 5.77. The highest BCUT2D eigenvalue weighted by Crippen LogP contribution is 2.39. The number of hydrogen-bond acceptors (Lipinski definition) is 6. The molecule has 1 fully saturated rings. The number of aromatic amines is 1. The summed E-state index contributed by atoms with van der Waals surface area (Å²) in [5.74, 6) is 0.253. The SMILES string of the molecule is COc1cc(C)c2[nH]ccc2c1CN1CC[C@H]2C[C@H]1c1ccc(C(=O)NS(C)(=O)=O)cc1/C=C/CCCCCO2. The maximum absolute atomic E-state index is 12.7. The molecule has 2 aliphatic heterocycles. The molecular weight excluding hydrogens is 526 g/mol. The molecule has 214 valence electrons. The van der Waals surface area contributed by atoms with Crippen LogP contribution in [0.25, 0.3) is 17.0 Å². The Labute approximate surface area is 236 Å². The summed E-state index contributed by atoms with van der Waals surface area (Å²) in [6.07, 6.45) is 13.3. The third-order valence-corrected chi connectivity index (χ3v) is 8.57. The first-order chi connectivity index (χ1) is 19.2. The Bertz CT molecular complexity index is 1510. The zero-order valence-corrected chi connectivity index (χ0v) is 24.4. The number of fused-ring (bicyclic) bond motifs is 5. The molecule has 2 atom stereocenters. The average molecular weight is 566 g/mol. The molecule has 2 N–H and O–H groups in total. The second-order valence-electron chi connectivity index (χ2n) is 10.9. The van der Waals surface area contributed by atoms with E-state index >= 15 is 0 Å². The minimum atomic E-state index is -3.67. The Hall–Kier alpha value is -3.14. The van der Waals surface area contributed by atoms with Crippen LogP contribution >= 0.6 is 0 Å². The third kappa shape index (κ3) is 6.43. The molecule has 40 heavy (non-hydrogen) atoms. The Morgan fingerprint density at radius 1 is 1.20 bits per heavy atom. The van der Waals surface area contributed by atoms with Gasteiger partial charge in [0.2, 0.25) is 10.0 Å². The largest absolute Gasteiger partial charge is 0.496 e. The van der Waals surface area contributed by atoms with E-state index in [1.807, 2.05) is 18.3 Å². The van der Waals surface area contributed by atoms with Crippen LogP contribution in [0, 0.1) is 6.92 Å². The van der Waals surface area contributed by atoms with Crippen LogP contribution in [-0.4, -0.2) is 56.8 Å². The predicted octanol–water partition coefficient (Wildman–Crippen LogP) is 5.48. The number of nitrogens with zero attached hydrogens (tertiary/aromatic N) is 1. The van der Waals surface area contributed by atoms with Crippen LogP contribution in [0.2, 0.25) is 0 Å². The van der Waals surface area contributed by atoms with Gasteiger partial charge in [-0.15, -0.1) is 0 Å². The quantitative estimate of drug-likeness (QED) is 0.425. The molecule has 1 saturated heterocycles. The average Bonchev–Trinajstić information content (AvgIpc) is 3.42. The highest BCUT2D eigenvalue weighted by molar-refractivity contribution is 7.89. The van der Waals surface area contributed by atoms with E-state index in [0.717, 1.165) is 96.8 Å². The van der Waals surface area contributed by atoms with E-state index in [9.17, 15) is 13.2 Å². The number of carbonyl (C=O) groups is 1. The van der Waals surface area contributed by atoms with E-state index in [1.54, 1.807) is 13.2 Å². The van der Waals surface area contributed by atoms with Crippen LogP contribution in [0.5, 0.6) is 5.75 Å². The Balaban J connectivity index is 1.56. The number of H-pyrrole nitrogens is 1. The van der Waals surface area contributed by atoms with Crippen LogP contribution < -0.4 is 9.46 Å². The number of aryl methyl sites for hydroxylation is 1. The van der Waals surface area contributed by atoms with Crippen molar-refractivity contribution in [1.82, 2.24) is 14.6 Å². The van der Waals surface area contributed by atoms with Crippen LogP contribution in [0.15, 0.2) is 42.6 Å². The lowest BCUT2D eigenvalue weighted by atomic mass is 9.88. The molecule has 0 radical (unpaired) electrons. The van der Waals surface area contributed by atoms with Gasteiger partial charge in [0.05, 0.1) is 19.5 Å². The number of benzene rings is 2.